The number of nitrogens with one attached hydrogen (secondary N) is 1. The summed E-state index contributed by atoms with van der Waals surface area (Å²) in [7, 11) is 0. The predicted molar refractivity (Wildman–Crippen MR) is 127 cm³/mol. The third-order valence-corrected chi connectivity index (χ3v) is 6.04. The monoisotopic (exact) mass is 413 g/mol. The first-order chi connectivity index (χ1) is 14.8. The Bertz CT molecular complexity index is 1190. The zero-order valence-electron chi connectivity index (χ0n) is 16.7. The van der Waals surface area contributed by atoms with Crippen molar-refractivity contribution in [2.45, 2.75) is 6.54 Å². The van der Waals surface area contributed by atoms with Crippen LogP contribution in [0, 0.1) is 0 Å². The summed E-state index contributed by atoms with van der Waals surface area (Å²) in [6, 6.07) is 23.1. The van der Waals surface area contributed by atoms with Crippen LogP contribution < -0.4 is 10.2 Å². The van der Waals surface area contributed by atoms with Crippen molar-refractivity contribution < 1.29 is 0 Å². The van der Waals surface area contributed by atoms with Crippen LogP contribution in [0.3, 0.4) is 0 Å². The Hall–Kier alpha value is -3.25. The topological polar surface area (TPSA) is 44.3 Å². The standard InChI is InChI=1S/C24H23N5S/c30-24(25-16-18-6-2-1-3-7-18)29-12-10-28(11-13-29)23-21-14-19-8-4-5-9-20(19)15-22(21)26-17-27-23/h1-9,14-15,17H,10-13,16H2,(H,25,30). The van der Waals surface area contributed by atoms with E-state index in [2.05, 4.69) is 73.6 Å². The highest BCUT2D eigenvalue weighted by atomic mass is 32.1. The molecule has 5 rings (SSSR count). The van der Waals surface area contributed by atoms with Crippen molar-refractivity contribution in [3.63, 3.8) is 0 Å². The van der Waals surface area contributed by atoms with Gasteiger partial charge in [0, 0.05) is 38.1 Å². The fraction of sp³-hybridized carbons (Fsp3) is 0.208. The molecule has 0 amide bonds. The molecule has 1 aliphatic heterocycles. The second kappa shape index (κ2) is 8.24. The summed E-state index contributed by atoms with van der Waals surface area (Å²) in [5, 5.41) is 7.73. The van der Waals surface area contributed by atoms with E-state index in [4.69, 9.17) is 12.2 Å². The maximum atomic E-state index is 5.63. The number of nitrogens with zero attached hydrogens (tertiary/aromatic N) is 4. The van der Waals surface area contributed by atoms with Gasteiger partial charge in [0.05, 0.1) is 5.52 Å². The average molecular weight is 414 g/mol. The summed E-state index contributed by atoms with van der Waals surface area (Å²) in [5.74, 6) is 1.01. The van der Waals surface area contributed by atoms with Gasteiger partial charge in [-0.2, -0.15) is 0 Å². The molecule has 6 heteroatoms. The molecule has 0 atom stereocenters. The van der Waals surface area contributed by atoms with Crippen molar-refractivity contribution in [3.8, 4) is 0 Å². The Kier molecular flexibility index (Phi) is 5.15. The van der Waals surface area contributed by atoms with Crippen LogP contribution in [0.1, 0.15) is 5.56 Å². The van der Waals surface area contributed by atoms with E-state index in [1.807, 2.05) is 18.2 Å². The molecule has 5 nitrogen and oxygen atoms in total. The van der Waals surface area contributed by atoms with Gasteiger partial charge in [0.2, 0.25) is 0 Å². The molecule has 30 heavy (non-hydrogen) atoms. The lowest BCUT2D eigenvalue weighted by molar-refractivity contribution is 0.379. The summed E-state index contributed by atoms with van der Waals surface area (Å²) < 4.78 is 0. The van der Waals surface area contributed by atoms with Crippen LogP contribution in [0.5, 0.6) is 0 Å². The van der Waals surface area contributed by atoms with Gasteiger partial charge in [-0.3, -0.25) is 0 Å². The van der Waals surface area contributed by atoms with E-state index in [1.54, 1.807) is 6.33 Å². The van der Waals surface area contributed by atoms with Crippen LogP contribution in [0.25, 0.3) is 21.7 Å². The van der Waals surface area contributed by atoms with Crippen LogP contribution in [-0.4, -0.2) is 46.2 Å². The van der Waals surface area contributed by atoms with E-state index >= 15 is 0 Å². The van der Waals surface area contributed by atoms with E-state index < -0.39 is 0 Å². The van der Waals surface area contributed by atoms with E-state index in [1.165, 1.54) is 16.3 Å². The number of anilines is 1. The molecule has 0 bridgehead atoms. The first-order valence-corrected chi connectivity index (χ1v) is 10.6. The van der Waals surface area contributed by atoms with Crippen LogP contribution in [0.2, 0.25) is 0 Å². The Labute approximate surface area is 181 Å². The Morgan fingerprint density at radius 3 is 2.33 bits per heavy atom. The number of benzene rings is 3. The van der Waals surface area contributed by atoms with Crippen molar-refractivity contribution in [2.24, 2.45) is 0 Å². The first kappa shape index (κ1) is 18.8. The molecule has 0 unspecified atom stereocenters. The predicted octanol–water partition coefficient (Wildman–Crippen LogP) is 3.98. The Morgan fingerprint density at radius 1 is 0.867 bits per heavy atom. The maximum absolute atomic E-state index is 5.63. The SMILES string of the molecule is S=C(NCc1ccccc1)N1CCN(c2ncnc3cc4ccccc4cc23)CC1. The van der Waals surface area contributed by atoms with Crippen molar-refractivity contribution in [2.75, 3.05) is 31.1 Å². The molecule has 0 saturated carbocycles. The molecule has 1 fully saturated rings. The van der Waals surface area contributed by atoms with E-state index in [0.717, 1.165) is 54.6 Å². The van der Waals surface area contributed by atoms with Crippen LogP contribution in [0.4, 0.5) is 5.82 Å². The summed E-state index contributed by atoms with van der Waals surface area (Å²) in [4.78, 5) is 13.7. The minimum Gasteiger partial charge on any atom is -0.358 e. The number of hydrogen-bond acceptors (Lipinski definition) is 4. The highest BCUT2D eigenvalue weighted by Crippen LogP contribution is 2.28. The zero-order chi connectivity index (χ0) is 20.3. The van der Waals surface area contributed by atoms with Crippen molar-refractivity contribution >= 4 is 44.8 Å². The fourth-order valence-corrected chi connectivity index (χ4v) is 4.24. The lowest BCUT2D eigenvalue weighted by atomic mass is 10.1. The van der Waals surface area contributed by atoms with Crippen LogP contribution >= 0.6 is 12.2 Å². The normalized spacial score (nSPS) is 14.3. The van der Waals surface area contributed by atoms with E-state index in [0.29, 0.717) is 0 Å². The number of hydrogen-bond donors (Lipinski definition) is 1. The van der Waals surface area contributed by atoms with Gasteiger partial charge >= 0.3 is 0 Å². The van der Waals surface area contributed by atoms with E-state index in [9.17, 15) is 0 Å². The molecule has 4 aromatic rings. The van der Waals surface area contributed by atoms with Gasteiger partial charge in [-0.05, 0) is 40.7 Å². The van der Waals surface area contributed by atoms with Gasteiger partial charge in [-0.25, -0.2) is 9.97 Å². The molecular weight excluding hydrogens is 390 g/mol. The number of rotatable bonds is 3. The molecule has 0 spiro atoms. The quantitative estimate of drug-likeness (QED) is 0.405. The molecule has 1 saturated heterocycles. The lowest BCUT2D eigenvalue weighted by Gasteiger charge is -2.37. The lowest BCUT2D eigenvalue weighted by Crippen LogP contribution is -2.51. The fourth-order valence-electron chi connectivity index (χ4n) is 3.99. The Morgan fingerprint density at radius 2 is 1.57 bits per heavy atom. The minimum absolute atomic E-state index is 0.753. The largest absolute Gasteiger partial charge is 0.358 e. The van der Waals surface area contributed by atoms with Gasteiger partial charge in [-0.15, -0.1) is 0 Å². The minimum atomic E-state index is 0.753. The molecule has 1 aromatic heterocycles. The molecule has 1 N–H and O–H groups in total. The molecule has 150 valence electrons. The third kappa shape index (κ3) is 3.78. The summed E-state index contributed by atoms with van der Waals surface area (Å²) in [6.45, 7) is 4.26. The summed E-state index contributed by atoms with van der Waals surface area (Å²) in [5.41, 5.74) is 2.22. The molecular formula is C24H23N5S. The van der Waals surface area contributed by atoms with Gasteiger partial charge < -0.3 is 15.1 Å². The zero-order valence-corrected chi connectivity index (χ0v) is 17.5. The van der Waals surface area contributed by atoms with Crippen molar-refractivity contribution in [1.29, 1.82) is 0 Å². The highest BCUT2D eigenvalue weighted by molar-refractivity contribution is 7.80. The molecule has 3 aromatic carbocycles. The van der Waals surface area contributed by atoms with E-state index in [-0.39, 0.29) is 0 Å². The second-order valence-corrected chi connectivity index (χ2v) is 7.92. The molecule has 0 radical (unpaired) electrons. The number of thiocarbonyl (C=S) groups is 1. The smallest absolute Gasteiger partial charge is 0.169 e. The Balaban J connectivity index is 1.29. The van der Waals surface area contributed by atoms with Gasteiger partial charge in [0.1, 0.15) is 12.1 Å². The number of aromatic nitrogens is 2. The van der Waals surface area contributed by atoms with Gasteiger partial charge in [-0.1, -0.05) is 54.6 Å². The second-order valence-electron chi connectivity index (χ2n) is 7.53. The molecule has 2 heterocycles. The highest BCUT2D eigenvalue weighted by Gasteiger charge is 2.21. The third-order valence-electron chi connectivity index (χ3n) is 5.63. The summed E-state index contributed by atoms with van der Waals surface area (Å²) >= 11 is 5.63. The van der Waals surface area contributed by atoms with Crippen molar-refractivity contribution in [3.05, 3.63) is 78.6 Å². The van der Waals surface area contributed by atoms with Gasteiger partial charge in [0.15, 0.2) is 5.11 Å². The molecule has 0 aliphatic carbocycles. The first-order valence-electron chi connectivity index (χ1n) is 10.2. The number of piperazine rings is 1. The maximum Gasteiger partial charge on any atom is 0.169 e. The number of fused-ring (bicyclic) bond motifs is 2. The van der Waals surface area contributed by atoms with Crippen molar-refractivity contribution in [1.82, 2.24) is 20.2 Å². The van der Waals surface area contributed by atoms with Crippen LogP contribution in [0.15, 0.2) is 73.1 Å². The van der Waals surface area contributed by atoms with Gasteiger partial charge in [0.25, 0.3) is 0 Å². The average Bonchev–Trinajstić information content (AvgIpc) is 2.81. The van der Waals surface area contributed by atoms with Crippen LogP contribution in [-0.2, 0) is 6.54 Å². The molecule has 1 aliphatic rings. The summed E-state index contributed by atoms with van der Waals surface area (Å²) in [6.07, 6.45) is 1.67.